The lowest BCUT2D eigenvalue weighted by molar-refractivity contribution is 0.339. The maximum absolute atomic E-state index is 6.05. The van der Waals surface area contributed by atoms with Gasteiger partial charge in [0.1, 0.15) is 17.2 Å². The van der Waals surface area contributed by atoms with Gasteiger partial charge in [0.25, 0.3) is 0 Å². The number of para-hydroxylation sites is 1. The zero-order chi connectivity index (χ0) is 15.1. The van der Waals surface area contributed by atoms with Gasteiger partial charge < -0.3 is 15.2 Å². The molecule has 0 bridgehead atoms. The van der Waals surface area contributed by atoms with Crippen LogP contribution in [0.5, 0.6) is 17.2 Å². The molecule has 0 aromatic heterocycles. The summed E-state index contributed by atoms with van der Waals surface area (Å²) in [7, 11) is 0. The maximum atomic E-state index is 6.05. The molecule has 0 aliphatic rings. The highest BCUT2D eigenvalue weighted by Crippen LogP contribution is 2.27. The Morgan fingerprint density at radius 1 is 0.952 bits per heavy atom. The summed E-state index contributed by atoms with van der Waals surface area (Å²) in [5.74, 6) is 2.52. The van der Waals surface area contributed by atoms with Gasteiger partial charge in [0.2, 0.25) is 0 Å². The molecule has 0 heterocycles. The molecule has 0 aliphatic heterocycles. The van der Waals surface area contributed by atoms with Crippen LogP contribution in [0.15, 0.2) is 48.5 Å². The fourth-order valence-corrected chi connectivity index (χ4v) is 2.10. The van der Waals surface area contributed by atoms with Gasteiger partial charge >= 0.3 is 0 Å². The van der Waals surface area contributed by atoms with E-state index in [9.17, 15) is 0 Å². The van der Waals surface area contributed by atoms with Crippen molar-refractivity contribution >= 4 is 0 Å². The predicted molar refractivity (Wildman–Crippen MR) is 86.1 cm³/mol. The van der Waals surface area contributed by atoms with E-state index in [0.29, 0.717) is 6.61 Å². The van der Waals surface area contributed by atoms with Gasteiger partial charge in [0, 0.05) is 6.04 Å². The highest BCUT2D eigenvalue weighted by Gasteiger charge is 2.08. The minimum Gasteiger partial charge on any atom is -0.494 e. The van der Waals surface area contributed by atoms with Gasteiger partial charge in [-0.1, -0.05) is 25.1 Å². The van der Waals surface area contributed by atoms with E-state index in [1.165, 1.54) is 0 Å². The number of hydrogen-bond acceptors (Lipinski definition) is 3. The van der Waals surface area contributed by atoms with Crippen LogP contribution in [0.25, 0.3) is 0 Å². The molecule has 0 spiro atoms. The molecule has 3 nitrogen and oxygen atoms in total. The zero-order valence-corrected chi connectivity index (χ0v) is 12.7. The molecule has 0 saturated carbocycles. The molecule has 1 unspecified atom stereocenters. The summed E-state index contributed by atoms with van der Waals surface area (Å²) < 4.78 is 11.4. The molecule has 0 aliphatic carbocycles. The topological polar surface area (TPSA) is 44.5 Å². The van der Waals surface area contributed by atoms with Crippen molar-refractivity contribution in [1.82, 2.24) is 0 Å². The Bertz CT molecular complexity index is 551. The Kier molecular flexibility index (Phi) is 5.64. The zero-order valence-electron chi connectivity index (χ0n) is 12.7. The standard InChI is InChI=1S/C18H23NO2/c1-3-15(19)13-14-7-5-6-8-18(14)21-17-11-9-16(10-12-17)20-4-2/h5-12,15H,3-4,13,19H2,1-2H3. The van der Waals surface area contributed by atoms with Gasteiger partial charge in [-0.3, -0.25) is 0 Å². The average Bonchev–Trinajstić information content (AvgIpc) is 2.51. The Morgan fingerprint density at radius 3 is 2.29 bits per heavy atom. The maximum Gasteiger partial charge on any atom is 0.130 e. The van der Waals surface area contributed by atoms with E-state index in [0.717, 1.165) is 35.7 Å². The van der Waals surface area contributed by atoms with E-state index in [1.807, 2.05) is 49.4 Å². The van der Waals surface area contributed by atoms with Crippen LogP contribution in [0.2, 0.25) is 0 Å². The van der Waals surface area contributed by atoms with Crippen LogP contribution in [0, 0.1) is 0 Å². The van der Waals surface area contributed by atoms with E-state index in [1.54, 1.807) is 0 Å². The van der Waals surface area contributed by atoms with Gasteiger partial charge in [0.15, 0.2) is 0 Å². The minimum absolute atomic E-state index is 0.162. The summed E-state index contributed by atoms with van der Waals surface area (Å²) in [5, 5.41) is 0. The molecule has 112 valence electrons. The number of ether oxygens (including phenoxy) is 2. The van der Waals surface area contributed by atoms with E-state index < -0.39 is 0 Å². The number of benzene rings is 2. The molecule has 1 atom stereocenters. The summed E-state index contributed by atoms with van der Waals surface area (Å²) in [6.45, 7) is 4.73. The minimum atomic E-state index is 0.162. The highest BCUT2D eigenvalue weighted by atomic mass is 16.5. The first-order valence-corrected chi connectivity index (χ1v) is 7.47. The summed E-state index contributed by atoms with van der Waals surface area (Å²) in [4.78, 5) is 0. The van der Waals surface area contributed by atoms with Gasteiger partial charge in [-0.25, -0.2) is 0 Å². The van der Waals surface area contributed by atoms with Crippen LogP contribution in [0.4, 0.5) is 0 Å². The molecule has 2 aromatic carbocycles. The van der Waals surface area contributed by atoms with Gasteiger partial charge in [-0.2, -0.15) is 0 Å². The van der Waals surface area contributed by atoms with Gasteiger partial charge in [-0.15, -0.1) is 0 Å². The molecule has 2 aromatic rings. The molecular formula is C18H23NO2. The predicted octanol–water partition coefficient (Wildman–Crippen LogP) is 4.16. The lowest BCUT2D eigenvalue weighted by Crippen LogP contribution is -2.21. The third-order valence-electron chi connectivity index (χ3n) is 3.34. The quantitative estimate of drug-likeness (QED) is 0.831. The molecule has 3 heteroatoms. The largest absolute Gasteiger partial charge is 0.494 e. The monoisotopic (exact) mass is 285 g/mol. The van der Waals surface area contributed by atoms with Crippen LogP contribution in [0.3, 0.4) is 0 Å². The van der Waals surface area contributed by atoms with Crippen LogP contribution >= 0.6 is 0 Å². The third kappa shape index (κ3) is 4.50. The second-order valence-electron chi connectivity index (χ2n) is 4.99. The van der Waals surface area contributed by atoms with Crippen molar-refractivity contribution < 1.29 is 9.47 Å². The fraction of sp³-hybridized carbons (Fsp3) is 0.333. The van der Waals surface area contributed by atoms with Crippen LogP contribution in [-0.4, -0.2) is 12.6 Å². The first-order chi connectivity index (χ1) is 10.2. The highest BCUT2D eigenvalue weighted by molar-refractivity contribution is 5.39. The van der Waals surface area contributed by atoms with E-state index in [2.05, 4.69) is 13.0 Å². The lowest BCUT2D eigenvalue weighted by Gasteiger charge is -2.14. The third-order valence-corrected chi connectivity index (χ3v) is 3.34. The Hall–Kier alpha value is -2.00. The van der Waals surface area contributed by atoms with Crippen molar-refractivity contribution in [3.05, 3.63) is 54.1 Å². The Labute approximate surface area is 126 Å². The number of rotatable bonds is 7. The fourth-order valence-electron chi connectivity index (χ4n) is 2.10. The van der Waals surface area contributed by atoms with Gasteiger partial charge in [0.05, 0.1) is 6.61 Å². The summed E-state index contributed by atoms with van der Waals surface area (Å²) >= 11 is 0. The SMILES string of the molecule is CCOc1ccc(Oc2ccccc2CC(N)CC)cc1. The summed E-state index contributed by atoms with van der Waals surface area (Å²) in [6, 6.07) is 15.9. The van der Waals surface area contributed by atoms with Crippen molar-refractivity contribution in [3.8, 4) is 17.2 Å². The number of hydrogen-bond donors (Lipinski definition) is 1. The average molecular weight is 285 g/mol. The Morgan fingerprint density at radius 2 is 1.62 bits per heavy atom. The molecule has 0 radical (unpaired) electrons. The normalized spacial score (nSPS) is 12.0. The van der Waals surface area contributed by atoms with E-state index >= 15 is 0 Å². The van der Waals surface area contributed by atoms with Crippen molar-refractivity contribution in [2.24, 2.45) is 5.73 Å². The molecule has 0 amide bonds. The molecule has 21 heavy (non-hydrogen) atoms. The second-order valence-corrected chi connectivity index (χ2v) is 4.99. The smallest absolute Gasteiger partial charge is 0.130 e. The molecule has 2 N–H and O–H groups in total. The molecule has 0 fully saturated rings. The van der Waals surface area contributed by atoms with Crippen LogP contribution in [-0.2, 0) is 6.42 Å². The van der Waals surface area contributed by atoms with Crippen LogP contribution in [0.1, 0.15) is 25.8 Å². The van der Waals surface area contributed by atoms with Crippen LogP contribution < -0.4 is 15.2 Å². The number of nitrogens with two attached hydrogens (primary N) is 1. The van der Waals surface area contributed by atoms with E-state index in [4.69, 9.17) is 15.2 Å². The van der Waals surface area contributed by atoms with Crippen molar-refractivity contribution in [2.75, 3.05) is 6.61 Å². The van der Waals surface area contributed by atoms with Crippen molar-refractivity contribution in [1.29, 1.82) is 0 Å². The summed E-state index contributed by atoms with van der Waals surface area (Å²) in [5.41, 5.74) is 7.19. The van der Waals surface area contributed by atoms with Crippen molar-refractivity contribution in [2.45, 2.75) is 32.7 Å². The summed E-state index contributed by atoms with van der Waals surface area (Å²) in [6.07, 6.45) is 1.78. The van der Waals surface area contributed by atoms with E-state index in [-0.39, 0.29) is 6.04 Å². The molecule has 0 saturated heterocycles. The second kappa shape index (κ2) is 7.70. The Balaban J connectivity index is 2.11. The first-order valence-electron chi connectivity index (χ1n) is 7.47. The molecule has 2 rings (SSSR count). The van der Waals surface area contributed by atoms with Crippen molar-refractivity contribution in [3.63, 3.8) is 0 Å². The molecular weight excluding hydrogens is 262 g/mol. The first kappa shape index (κ1) is 15.4. The lowest BCUT2D eigenvalue weighted by atomic mass is 10.0. The van der Waals surface area contributed by atoms with Gasteiger partial charge in [-0.05, 0) is 55.7 Å².